The average molecular weight is 340 g/mol. The highest BCUT2D eigenvalue weighted by Gasteiger charge is 2.18. The van der Waals surface area contributed by atoms with E-state index in [4.69, 9.17) is 9.47 Å². The molecule has 132 valence electrons. The van der Waals surface area contributed by atoms with Gasteiger partial charge in [-0.05, 0) is 37.5 Å². The molecule has 0 aliphatic rings. The lowest BCUT2D eigenvalue weighted by Crippen LogP contribution is -2.14. The lowest BCUT2D eigenvalue weighted by Gasteiger charge is -2.20. The Morgan fingerprint density at radius 3 is 2.48 bits per heavy atom. The van der Waals surface area contributed by atoms with Gasteiger partial charge in [0.05, 0.1) is 26.0 Å². The van der Waals surface area contributed by atoms with Crippen molar-refractivity contribution in [3.63, 3.8) is 0 Å². The largest absolute Gasteiger partial charge is 0.497 e. The summed E-state index contributed by atoms with van der Waals surface area (Å²) in [4.78, 5) is 0. The summed E-state index contributed by atoms with van der Waals surface area (Å²) in [7, 11) is 3.24. The van der Waals surface area contributed by atoms with Crippen LogP contribution in [0.5, 0.6) is 11.5 Å². The molecule has 0 saturated heterocycles. The van der Waals surface area contributed by atoms with Gasteiger partial charge < -0.3 is 14.8 Å². The number of rotatable bonds is 7. The molecule has 0 bridgehead atoms. The fourth-order valence-corrected chi connectivity index (χ4v) is 2.85. The summed E-state index contributed by atoms with van der Waals surface area (Å²) in [6.07, 6.45) is 1.50. The summed E-state index contributed by atoms with van der Waals surface area (Å²) in [5, 5.41) is 21.4. The molecule has 1 aromatic carbocycles. The van der Waals surface area contributed by atoms with Gasteiger partial charge in [-0.15, -0.1) is 5.10 Å². The van der Waals surface area contributed by atoms with Crippen molar-refractivity contribution in [2.45, 2.75) is 39.7 Å². The van der Waals surface area contributed by atoms with E-state index in [9.17, 15) is 5.26 Å². The zero-order valence-corrected chi connectivity index (χ0v) is 15.4. The maximum Gasteiger partial charge on any atom is 0.167 e. The number of hydrogen-bond acceptors (Lipinski definition) is 6. The zero-order valence-electron chi connectivity index (χ0n) is 15.4. The third kappa shape index (κ3) is 3.82. The molecule has 1 N–H and O–H groups in total. The second-order valence-corrected chi connectivity index (χ2v) is 5.64. The fraction of sp³-hybridized carbons (Fsp3) is 0.421. The summed E-state index contributed by atoms with van der Waals surface area (Å²) in [5.41, 5.74) is 3.34. The number of ether oxygens (including phenoxy) is 2. The van der Waals surface area contributed by atoms with Crippen molar-refractivity contribution < 1.29 is 9.47 Å². The molecule has 2 aromatic rings. The second kappa shape index (κ2) is 8.34. The first-order valence-corrected chi connectivity index (χ1v) is 8.36. The van der Waals surface area contributed by atoms with E-state index in [2.05, 4.69) is 21.6 Å². The summed E-state index contributed by atoms with van der Waals surface area (Å²) in [6, 6.07) is 7.82. The number of aryl methyl sites for hydroxylation is 1. The molecule has 1 aromatic heterocycles. The Balaban J connectivity index is 2.38. The van der Waals surface area contributed by atoms with E-state index in [0.29, 0.717) is 17.1 Å². The first kappa shape index (κ1) is 18.5. The van der Waals surface area contributed by atoms with Gasteiger partial charge in [-0.2, -0.15) is 10.4 Å². The molecule has 2 rings (SSSR count). The first-order chi connectivity index (χ1) is 12.1. The van der Waals surface area contributed by atoms with Crippen LogP contribution in [0.1, 0.15) is 49.2 Å². The van der Waals surface area contributed by atoms with E-state index < -0.39 is 0 Å². The first-order valence-electron chi connectivity index (χ1n) is 8.36. The standard InChI is InChI=1S/C19H24N4O2/c1-6-14-16(11-20)19(23-22-17(14)7-2)21-12(3)15-9-8-13(24-4)10-18(15)25-5/h8-10,12H,6-7H2,1-5H3,(H,21,23). The van der Waals surface area contributed by atoms with E-state index in [0.717, 1.165) is 35.4 Å². The van der Waals surface area contributed by atoms with Crippen LogP contribution in [-0.2, 0) is 12.8 Å². The van der Waals surface area contributed by atoms with Crippen LogP contribution < -0.4 is 14.8 Å². The Morgan fingerprint density at radius 2 is 1.92 bits per heavy atom. The van der Waals surface area contributed by atoms with Crippen LogP contribution in [0.2, 0.25) is 0 Å². The molecule has 0 fully saturated rings. The minimum Gasteiger partial charge on any atom is -0.497 e. The predicted octanol–water partition coefficient (Wildman–Crippen LogP) is 3.66. The van der Waals surface area contributed by atoms with Crippen molar-refractivity contribution in [1.82, 2.24) is 10.2 Å². The van der Waals surface area contributed by atoms with Gasteiger partial charge in [-0.3, -0.25) is 0 Å². The number of anilines is 1. The van der Waals surface area contributed by atoms with Gasteiger partial charge in [-0.25, -0.2) is 0 Å². The van der Waals surface area contributed by atoms with Crippen LogP contribution in [0, 0.1) is 11.3 Å². The van der Waals surface area contributed by atoms with Gasteiger partial charge in [0.2, 0.25) is 0 Å². The molecule has 6 heteroatoms. The molecule has 0 radical (unpaired) electrons. The van der Waals surface area contributed by atoms with E-state index >= 15 is 0 Å². The lowest BCUT2D eigenvalue weighted by atomic mass is 10.0. The van der Waals surface area contributed by atoms with Crippen LogP contribution in [0.4, 0.5) is 5.82 Å². The SMILES string of the molecule is CCc1nnc(NC(C)c2ccc(OC)cc2OC)c(C#N)c1CC. The molecule has 0 aliphatic heterocycles. The van der Waals surface area contributed by atoms with Crippen molar-refractivity contribution in [3.8, 4) is 17.6 Å². The van der Waals surface area contributed by atoms with Gasteiger partial charge in [0.25, 0.3) is 0 Å². The highest BCUT2D eigenvalue weighted by atomic mass is 16.5. The van der Waals surface area contributed by atoms with Gasteiger partial charge in [0, 0.05) is 11.6 Å². The number of methoxy groups -OCH3 is 2. The average Bonchev–Trinajstić information content (AvgIpc) is 2.66. The third-order valence-corrected chi connectivity index (χ3v) is 4.22. The lowest BCUT2D eigenvalue weighted by molar-refractivity contribution is 0.390. The zero-order chi connectivity index (χ0) is 18.4. The molecular weight excluding hydrogens is 316 g/mol. The minimum absolute atomic E-state index is 0.112. The molecule has 1 atom stereocenters. The summed E-state index contributed by atoms with van der Waals surface area (Å²) < 4.78 is 10.7. The topological polar surface area (TPSA) is 80.1 Å². The van der Waals surface area contributed by atoms with Gasteiger partial charge >= 0.3 is 0 Å². The van der Waals surface area contributed by atoms with Crippen molar-refractivity contribution >= 4 is 5.82 Å². The number of nitrogens with zero attached hydrogens (tertiary/aromatic N) is 3. The van der Waals surface area contributed by atoms with Crippen LogP contribution in [0.15, 0.2) is 18.2 Å². The molecule has 0 amide bonds. The van der Waals surface area contributed by atoms with E-state index in [1.54, 1.807) is 14.2 Å². The van der Waals surface area contributed by atoms with Gasteiger partial charge in [0.15, 0.2) is 5.82 Å². The monoisotopic (exact) mass is 340 g/mol. The maximum atomic E-state index is 9.60. The van der Waals surface area contributed by atoms with Crippen LogP contribution in [0.3, 0.4) is 0 Å². The van der Waals surface area contributed by atoms with Crippen molar-refractivity contribution in [2.75, 3.05) is 19.5 Å². The smallest absolute Gasteiger partial charge is 0.167 e. The van der Waals surface area contributed by atoms with E-state index in [-0.39, 0.29) is 6.04 Å². The molecule has 0 spiro atoms. The van der Waals surface area contributed by atoms with Crippen LogP contribution >= 0.6 is 0 Å². The molecular formula is C19H24N4O2. The predicted molar refractivity (Wildman–Crippen MR) is 97.1 cm³/mol. The summed E-state index contributed by atoms with van der Waals surface area (Å²) in [6.45, 7) is 6.03. The van der Waals surface area contributed by atoms with Crippen molar-refractivity contribution in [3.05, 3.63) is 40.6 Å². The Hall–Kier alpha value is -2.81. The number of aromatic nitrogens is 2. The van der Waals surface area contributed by atoms with Gasteiger partial charge in [-0.1, -0.05) is 13.8 Å². The molecule has 0 aliphatic carbocycles. The number of nitrogens with one attached hydrogen (secondary N) is 1. The molecule has 25 heavy (non-hydrogen) atoms. The van der Waals surface area contributed by atoms with Crippen LogP contribution in [0.25, 0.3) is 0 Å². The number of nitriles is 1. The quantitative estimate of drug-likeness (QED) is 0.828. The van der Waals surface area contributed by atoms with Crippen molar-refractivity contribution in [1.29, 1.82) is 5.26 Å². The van der Waals surface area contributed by atoms with Crippen molar-refractivity contribution in [2.24, 2.45) is 0 Å². The summed E-state index contributed by atoms with van der Waals surface area (Å²) >= 11 is 0. The second-order valence-electron chi connectivity index (χ2n) is 5.64. The summed E-state index contributed by atoms with van der Waals surface area (Å²) in [5.74, 6) is 1.94. The highest BCUT2D eigenvalue weighted by Crippen LogP contribution is 2.32. The Morgan fingerprint density at radius 1 is 1.16 bits per heavy atom. The highest BCUT2D eigenvalue weighted by molar-refractivity contribution is 5.58. The Kier molecular flexibility index (Phi) is 6.18. The Labute approximate surface area is 148 Å². The van der Waals surface area contributed by atoms with Crippen LogP contribution in [-0.4, -0.2) is 24.4 Å². The normalized spacial score (nSPS) is 11.5. The molecule has 6 nitrogen and oxygen atoms in total. The number of benzene rings is 1. The van der Waals surface area contributed by atoms with E-state index in [1.807, 2.05) is 39.0 Å². The molecule has 0 saturated carbocycles. The fourth-order valence-electron chi connectivity index (χ4n) is 2.85. The minimum atomic E-state index is -0.112. The van der Waals surface area contributed by atoms with Gasteiger partial charge in [0.1, 0.15) is 23.1 Å². The molecule has 1 heterocycles. The van der Waals surface area contributed by atoms with E-state index in [1.165, 1.54) is 0 Å². The number of hydrogen-bond donors (Lipinski definition) is 1. The maximum absolute atomic E-state index is 9.60. The molecule has 1 unspecified atom stereocenters. The Bertz CT molecular complexity index is 784. The third-order valence-electron chi connectivity index (χ3n) is 4.22.